The molecule has 0 aliphatic carbocycles. The van der Waals surface area contributed by atoms with E-state index in [1.807, 2.05) is 0 Å². The molecule has 1 spiro atoms. The van der Waals surface area contributed by atoms with E-state index in [1.165, 1.54) is 0 Å². The van der Waals surface area contributed by atoms with E-state index in [1.54, 1.807) is 0 Å². The normalized spacial score (nSPS) is 51.9. The lowest BCUT2D eigenvalue weighted by molar-refractivity contribution is -0.0491. The quantitative estimate of drug-likeness (QED) is 0.636. The molecule has 0 aromatic heterocycles. The Morgan fingerprint density at radius 1 is 0.800 bits per heavy atom. The molecule has 0 bridgehead atoms. The highest BCUT2D eigenvalue weighted by molar-refractivity contribution is 8.22. The molecule has 2 fully saturated rings. The third-order valence-corrected chi connectivity index (χ3v) is 6.29. The first-order valence-corrected chi connectivity index (χ1v) is 11.1. The second kappa shape index (κ2) is 4.43. The van der Waals surface area contributed by atoms with Gasteiger partial charge in [-0.2, -0.15) is 0 Å². The van der Waals surface area contributed by atoms with Crippen LogP contribution in [0.5, 0.6) is 0 Å². The Kier molecular flexibility index (Phi) is 3.89. The number of hydrogen-bond donors (Lipinski definition) is 0. The van der Waals surface area contributed by atoms with Crippen molar-refractivity contribution in [2.45, 2.75) is 0 Å². The summed E-state index contributed by atoms with van der Waals surface area (Å²) in [7, 11) is 0. The Bertz CT molecular complexity index is 303. The molecule has 0 aromatic carbocycles. The minimum absolute atomic E-state index is 0.361. The van der Waals surface area contributed by atoms with E-state index in [9.17, 15) is 0 Å². The fourth-order valence-corrected chi connectivity index (χ4v) is 4.26. The van der Waals surface area contributed by atoms with Crippen molar-refractivity contribution in [2.75, 3.05) is 26.4 Å². The molecule has 10 heteroatoms. The fourth-order valence-electron chi connectivity index (χ4n) is 1.18. The lowest BCUT2D eigenvalue weighted by Crippen LogP contribution is -2.44. The van der Waals surface area contributed by atoms with Crippen LogP contribution >= 0.6 is 34.2 Å². The third-order valence-electron chi connectivity index (χ3n) is 2.10. The molecule has 88 valence electrons. The van der Waals surface area contributed by atoms with E-state index in [-0.39, 0.29) is 5.41 Å². The molecule has 0 atom stereocenters. The molecular formula is C5H8Cl2O4P2S2. The van der Waals surface area contributed by atoms with Gasteiger partial charge in [-0.1, -0.05) is 0 Å². The summed E-state index contributed by atoms with van der Waals surface area (Å²) >= 11 is 21.4. The van der Waals surface area contributed by atoms with Gasteiger partial charge in [-0.3, -0.25) is 0 Å². The maximum absolute atomic E-state index is 5.79. The van der Waals surface area contributed by atoms with Crippen LogP contribution in [0.1, 0.15) is 0 Å². The van der Waals surface area contributed by atoms with Crippen molar-refractivity contribution in [3.8, 4) is 0 Å². The van der Waals surface area contributed by atoms with E-state index in [0.717, 1.165) is 0 Å². The van der Waals surface area contributed by atoms with Gasteiger partial charge in [-0.05, 0) is 46.1 Å². The zero-order chi connectivity index (χ0) is 11.2. The van der Waals surface area contributed by atoms with Crippen LogP contribution in [-0.2, 0) is 41.7 Å². The molecule has 0 N–H and O–H groups in total. The first-order chi connectivity index (χ1) is 6.83. The zero-order valence-electron chi connectivity index (χ0n) is 7.43. The minimum atomic E-state index is -2.57. The van der Waals surface area contributed by atoms with Crippen molar-refractivity contribution in [1.82, 2.24) is 0 Å². The van der Waals surface area contributed by atoms with Gasteiger partial charge in [0.2, 0.25) is 0 Å². The predicted octanol–water partition coefficient (Wildman–Crippen LogP) is 2.99. The zero-order valence-corrected chi connectivity index (χ0v) is 12.4. The maximum Gasteiger partial charge on any atom is 0.281 e. The molecule has 2 rings (SSSR count). The van der Waals surface area contributed by atoms with Crippen molar-refractivity contribution < 1.29 is 18.1 Å². The van der Waals surface area contributed by atoms with Crippen molar-refractivity contribution >= 4 is 57.8 Å². The first kappa shape index (κ1) is 13.2. The molecular weight excluding hydrogens is 321 g/mol. The SMILES string of the molecule is S=P1(Cl)OCC2(CO1)COP(=S)(Cl)OC2. The minimum Gasteiger partial charge on any atom is -0.317 e. The number of hydrogen-bond acceptors (Lipinski definition) is 6. The number of halogens is 2. The van der Waals surface area contributed by atoms with E-state index in [2.05, 4.69) is 0 Å². The third kappa shape index (κ3) is 3.35. The standard InChI is InChI=1S/C5H8Cl2O4P2S2/c6-12(14)8-1-5(2-9-12)3-10-13(7,15)11-4-5/h1-4H2. The Morgan fingerprint density at radius 2 is 1.07 bits per heavy atom. The molecule has 2 saturated heterocycles. The van der Waals surface area contributed by atoms with Gasteiger partial charge in [0.1, 0.15) is 0 Å². The van der Waals surface area contributed by atoms with Crippen molar-refractivity contribution in [2.24, 2.45) is 5.41 Å². The van der Waals surface area contributed by atoms with Gasteiger partial charge in [-0.25, -0.2) is 0 Å². The fraction of sp³-hybridized carbons (Fsp3) is 1.00. The summed E-state index contributed by atoms with van der Waals surface area (Å²) in [5.74, 6) is -5.13. The highest BCUT2D eigenvalue weighted by atomic mass is 35.7. The summed E-state index contributed by atoms with van der Waals surface area (Å²) in [6, 6.07) is 0. The molecule has 0 radical (unpaired) electrons. The van der Waals surface area contributed by atoms with Crippen LogP contribution in [0.25, 0.3) is 0 Å². The number of rotatable bonds is 0. The predicted molar refractivity (Wildman–Crippen MR) is 66.5 cm³/mol. The van der Waals surface area contributed by atoms with Crippen LogP contribution in [-0.4, -0.2) is 26.4 Å². The molecule has 0 aromatic rings. The van der Waals surface area contributed by atoms with Gasteiger partial charge in [0.05, 0.1) is 31.8 Å². The first-order valence-electron chi connectivity index (χ1n) is 4.00. The van der Waals surface area contributed by atoms with Gasteiger partial charge < -0.3 is 18.1 Å². The summed E-state index contributed by atoms with van der Waals surface area (Å²) in [5, 5.41) is 0. The van der Waals surface area contributed by atoms with E-state index >= 15 is 0 Å². The van der Waals surface area contributed by atoms with Crippen molar-refractivity contribution in [3.63, 3.8) is 0 Å². The van der Waals surface area contributed by atoms with Crippen LogP contribution in [0.4, 0.5) is 0 Å². The maximum atomic E-state index is 5.79. The average Bonchev–Trinajstić information content (AvgIpc) is 2.15. The van der Waals surface area contributed by atoms with Gasteiger partial charge in [-0.15, -0.1) is 0 Å². The van der Waals surface area contributed by atoms with Crippen molar-refractivity contribution in [3.05, 3.63) is 0 Å². The van der Waals surface area contributed by atoms with E-state index < -0.39 is 11.7 Å². The molecule has 0 unspecified atom stereocenters. The van der Waals surface area contributed by atoms with Crippen LogP contribution in [0.3, 0.4) is 0 Å². The highest BCUT2D eigenvalue weighted by Gasteiger charge is 2.45. The Morgan fingerprint density at radius 3 is 1.33 bits per heavy atom. The van der Waals surface area contributed by atoms with Crippen LogP contribution < -0.4 is 0 Å². The largest absolute Gasteiger partial charge is 0.317 e. The highest BCUT2D eigenvalue weighted by Crippen LogP contribution is 2.63. The summed E-state index contributed by atoms with van der Waals surface area (Å²) in [6.07, 6.45) is 0. The smallest absolute Gasteiger partial charge is 0.281 e. The molecule has 4 nitrogen and oxygen atoms in total. The molecule has 2 aliphatic rings. The topological polar surface area (TPSA) is 36.9 Å². The molecule has 0 saturated carbocycles. The summed E-state index contributed by atoms with van der Waals surface area (Å²) in [6.45, 7) is 1.44. The summed E-state index contributed by atoms with van der Waals surface area (Å²) < 4.78 is 21.1. The Labute approximate surface area is 107 Å². The lowest BCUT2D eigenvalue weighted by Gasteiger charge is -2.42. The van der Waals surface area contributed by atoms with E-state index in [0.29, 0.717) is 26.4 Å². The van der Waals surface area contributed by atoms with Crippen LogP contribution in [0.2, 0.25) is 0 Å². The molecule has 0 amide bonds. The average molecular weight is 329 g/mol. The summed E-state index contributed by atoms with van der Waals surface area (Å²) in [4.78, 5) is 0. The van der Waals surface area contributed by atoms with E-state index in [4.69, 9.17) is 64.2 Å². The lowest BCUT2D eigenvalue weighted by atomic mass is 9.93. The Balaban J connectivity index is 2.01. The van der Waals surface area contributed by atoms with Crippen LogP contribution in [0.15, 0.2) is 0 Å². The molecule has 15 heavy (non-hydrogen) atoms. The monoisotopic (exact) mass is 328 g/mol. The summed E-state index contributed by atoms with van der Waals surface area (Å²) in [5.41, 5.74) is -0.367. The molecule has 2 aliphatic heterocycles. The van der Waals surface area contributed by atoms with Gasteiger partial charge in [0.25, 0.3) is 11.7 Å². The second-order valence-electron chi connectivity index (χ2n) is 3.46. The van der Waals surface area contributed by atoms with Gasteiger partial charge in [0.15, 0.2) is 0 Å². The second-order valence-corrected chi connectivity index (χ2v) is 13.0. The van der Waals surface area contributed by atoms with Gasteiger partial charge >= 0.3 is 0 Å². The molecule has 2 heterocycles. The Hall–Kier alpha value is 1.72. The van der Waals surface area contributed by atoms with Gasteiger partial charge in [0, 0.05) is 0 Å². The van der Waals surface area contributed by atoms with Crippen molar-refractivity contribution in [1.29, 1.82) is 0 Å². The van der Waals surface area contributed by atoms with Crippen LogP contribution in [0, 0.1) is 5.41 Å².